The molecule has 0 aliphatic carbocycles. The van der Waals surface area contributed by atoms with Crippen LogP contribution in [0.3, 0.4) is 0 Å². The van der Waals surface area contributed by atoms with E-state index in [0.717, 1.165) is 0 Å². The second-order valence-electron chi connectivity index (χ2n) is 2.72. The van der Waals surface area contributed by atoms with Crippen LogP contribution in [0.2, 0.25) is 0 Å². The Hall–Kier alpha value is -0.700. The maximum absolute atomic E-state index is 10.8. The number of carbonyl (C=O) groups is 2. The molecule has 0 saturated carbocycles. The van der Waals surface area contributed by atoms with E-state index in [4.69, 9.17) is 0 Å². The van der Waals surface area contributed by atoms with E-state index in [-0.39, 0.29) is 6.42 Å². The molecule has 0 aliphatic heterocycles. The predicted molar refractivity (Wildman–Crippen MR) is 41.2 cm³/mol. The maximum atomic E-state index is 10.8. The predicted octanol–water partition coefficient (Wildman–Crippen LogP) is 0.696. The van der Waals surface area contributed by atoms with Crippen molar-refractivity contribution in [3.8, 4) is 0 Å². The molecule has 0 heterocycles. The smallest absolute Gasteiger partial charge is 0.180 e. The van der Waals surface area contributed by atoms with Crippen LogP contribution in [0.15, 0.2) is 0 Å². The van der Waals surface area contributed by atoms with Crippen molar-refractivity contribution >= 4 is 11.6 Å². The third kappa shape index (κ3) is 2.12. The molecule has 0 aromatic rings. The first kappa shape index (κ1) is 10.3. The van der Waals surface area contributed by atoms with E-state index in [1.165, 1.54) is 13.8 Å². The van der Waals surface area contributed by atoms with Gasteiger partial charge in [0.15, 0.2) is 17.2 Å². The number of Topliss-reactive ketones (excluding diaryl/α,β-unsaturated/α-hetero) is 2. The normalized spacial score (nSPS) is 11.3. The fourth-order valence-corrected chi connectivity index (χ4v) is 0.962. The molecule has 0 saturated heterocycles. The fraction of sp³-hybridized carbons (Fsp3) is 0.750. The highest BCUT2D eigenvalue weighted by Gasteiger charge is 2.36. The van der Waals surface area contributed by atoms with E-state index in [0.29, 0.717) is 6.42 Å². The maximum Gasteiger partial charge on any atom is 0.180 e. The van der Waals surface area contributed by atoms with Crippen molar-refractivity contribution in [3.05, 3.63) is 0 Å². The molecule has 0 aliphatic rings. The summed E-state index contributed by atoms with van der Waals surface area (Å²) in [4.78, 5) is 21.7. The zero-order chi connectivity index (χ0) is 9.07. The number of carbonyl (C=O) groups excluding carboxylic acids is 2. The highest BCUT2D eigenvalue weighted by atomic mass is 16.3. The molecule has 0 spiro atoms. The molecule has 0 amide bonds. The SMILES string of the molecule is CCCC(O)(C(C)=O)C(C)=O. The van der Waals surface area contributed by atoms with Gasteiger partial charge in [-0.15, -0.1) is 0 Å². The fourth-order valence-electron chi connectivity index (χ4n) is 0.962. The minimum Gasteiger partial charge on any atom is -0.375 e. The van der Waals surface area contributed by atoms with E-state index >= 15 is 0 Å². The van der Waals surface area contributed by atoms with Gasteiger partial charge in [-0.1, -0.05) is 13.3 Å². The van der Waals surface area contributed by atoms with Crippen molar-refractivity contribution in [2.24, 2.45) is 0 Å². The Morgan fingerprint density at radius 1 is 1.27 bits per heavy atom. The van der Waals surface area contributed by atoms with Crippen LogP contribution in [0.25, 0.3) is 0 Å². The molecule has 0 rings (SSSR count). The van der Waals surface area contributed by atoms with E-state index in [1.807, 2.05) is 6.92 Å². The Morgan fingerprint density at radius 3 is 1.73 bits per heavy atom. The zero-order valence-electron chi connectivity index (χ0n) is 7.18. The summed E-state index contributed by atoms with van der Waals surface area (Å²) in [6.07, 6.45) is 0.841. The molecule has 0 atom stereocenters. The van der Waals surface area contributed by atoms with Gasteiger partial charge in [-0.05, 0) is 20.3 Å². The molecule has 0 radical (unpaired) electrons. The molecule has 0 aromatic heterocycles. The number of hydrogen-bond acceptors (Lipinski definition) is 3. The topological polar surface area (TPSA) is 54.4 Å². The Labute approximate surface area is 66.4 Å². The first-order valence-corrected chi connectivity index (χ1v) is 3.69. The van der Waals surface area contributed by atoms with Gasteiger partial charge in [0.05, 0.1) is 0 Å². The van der Waals surface area contributed by atoms with Crippen LogP contribution in [0, 0.1) is 0 Å². The van der Waals surface area contributed by atoms with Crippen LogP contribution in [0.1, 0.15) is 33.6 Å². The minimum atomic E-state index is -1.73. The molecular formula is C8H14O3. The van der Waals surface area contributed by atoms with E-state index in [9.17, 15) is 14.7 Å². The third-order valence-electron chi connectivity index (χ3n) is 1.78. The zero-order valence-corrected chi connectivity index (χ0v) is 7.18. The standard InChI is InChI=1S/C8H14O3/c1-4-5-8(11,6(2)9)7(3)10/h11H,4-5H2,1-3H3. The second-order valence-corrected chi connectivity index (χ2v) is 2.72. The molecule has 0 unspecified atom stereocenters. The highest BCUT2D eigenvalue weighted by Crippen LogP contribution is 2.14. The molecule has 11 heavy (non-hydrogen) atoms. The quantitative estimate of drug-likeness (QED) is 0.612. The van der Waals surface area contributed by atoms with Gasteiger partial charge in [-0.2, -0.15) is 0 Å². The molecule has 0 fully saturated rings. The number of rotatable bonds is 4. The summed E-state index contributed by atoms with van der Waals surface area (Å²) in [5.41, 5.74) is -1.73. The van der Waals surface area contributed by atoms with Crippen molar-refractivity contribution in [1.29, 1.82) is 0 Å². The minimum absolute atomic E-state index is 0.220. The third-order valence-corrected chi connectivity index (χ3v) is 1.78. The van der Waals surface area contributed by atoms with Crippen LogP contribution in [-0.2, 0) is 9.59 Å². The van der Waals surface area contributed by atoms with Gasteiger partial charge in [0.2, 0.25) is 0 Å². The van der Waals surface area contributed by atoms with Gasteiger partial charge < -0.3 is 5.11 Å². The van der Waals surface area contributed by atoms with Gasteiger partial charge in [-0.3, -0.25) is 9.59 Å². The Bertz CT molecular complexity index is 158. The van der Waals surface area contributed by atoms with E-state index < -0.39 is 17.2 Å². The highest BCUT2D eigenvalue weighted by molar-refractivity contribution is 6.08. The molecular weight excluding hydrogens is 144 g/mol. The van der Waals surface area contributed by atoms with E-state index in [2.05, 4.69) is 0 Å². The lowest BCUT2D eigenvalue weighted by Gasteiger charge is -2.20. The Balaban J connectivity index is 4.52. The lowest BCUT2D eigenvalue weighted by atomic mass is 9.90. The van der Waals surface area contributed by atoms with Gasteiger partial charge in [0.25, 0.3) is 0 Å². The number of aliphatic hydroxyl groups is 1. The average Bonchev–Trinajstić information content (AvgIpc) is 1.87. The Morgan fingerprint density at radius 2 is 1.64 bits per heavy atom. The Kier molecular flexibility index (Phi) is 3.39. The van der Waals surface area contributed by atoms with Crippen molar-refractivity contribution in [3.63, 3.8) is 0 Å². The summed E-state index contributed by atoms with van der Waals surface area (Å²) in [5, 5.41) is 9.47. The molecule has 3 nitrogen and oxygen atoms in total. The summed E-state index contributed by atoms with van der Waals surface area (Å²) in [5.74, 6) is -0.932. The summed E-state index contributed by atoms with van der Waals surface area (Å²) < 4.78 is 0. The first-order chi connectivity index (χ1) is 4.95. The van der Waals surface area contributed by atoms with Crippen LogP contribution in [-0.4, -0.2) is 22.3 Å². The van der Waals surface area contributed by atoms with Crippen molar-refractivity contribution < 1.29 is 14.7 Å². The summed E-state index contributed by atoms with van der Waals surface area (Å²) in [6.45, 7) is 4.28. The lowest BCUT2D eigenvalue weighted by molar-refractivity contribution is -0.148. The van der Waals surface area contributed by atoms with E-state index in [1.54, 1.807) is 0 Å². The van der Waals surface area contributed by atoms with Crippen LogP contribution in [0.4, 0.5) is 0 Å². The van der Waals surface area contributed by atoms with Gasteiger partial charge in [-0.25, -0.2) is 0 Å². The van der Waals surface area contributed by atoms with Gasteiger partial charge in [0.1, 0.15) is 0 Å². The average molecular weight is 158 g/mol. The van der Waals surface area contributed by atoms with Crippen molar-refractivity contribution in [1.82, 2.24) is 0 Å². The van der Waals surface area contributed by atoms with Crippen LogP contribution >= 0.6 is 0 Å². The number of hydrogen-bond donors (Lipinski definition) is 1. The van der Waals surface area contributed by atoms with Crippen LogP contribution < -0.4 is 0 Å². The van der Waals surface area contributed by atoms with Crippen molar-refractivity contribution in [2.45, 2.75) is 39.2 Å². The summed E-state index contributed by atoms with van der Waals surface area (Å²) in [7, 11) is 0. The largest absolute Gasteiger partial charge is 0.375 e. The molecule has 3 heteroatoms. The monoisotopic (exact) mass is 158 g/mol. The molecule has 64 valence electrons. The summed E-state index contributed by atoms with van der Waals surface area (Å²) >= 11 is 0. The van der Waals surface area contributed by atoms with Gasteiger partial charge >= 0.3 is 0 Å². The molecule has 0 aromatic carbocycles. The molecule has 1 N–H and O–H groups in total. The number of ketones is 2. The summed E-state index contributed by atoms with van der Waals surface area (Å²) in [6, 6.07) is 0. The van der Waals surface area contributed by atoms with Gasteiger partial charge in [0, 0.05) is 0 Å². The van der Waals surface area contributed by atoms with Crippen LogP contribution in [0.5, 0.6) is 0 Å². The lowest BCUT2D eigenvalue weighted by Crippen LogP contribution is -2.43. The first-order valence-electron chi connectivity index (χ1n) is 3.69. The molecule has 0 bridgehead atoms. The second kappa shape index (κ2) is 3.62. The van der Waals surface area contributed by atoms with Crippen molar-refractivity contribution in [2.75, 3.05) is 0 Å².